The van der Waals surface area contributed by atoms with Crippen molar-refractivity contribution in [2.45, 2.75) is 24.5 Å². The van der Waals surface area contributed by atoms with E-state index in [0.29, 0.717) is 0 Å². The molecule has 0 spiro atoms. The number of guanidine groups is 1. The first-order chi connectivity index (χ1) is 8.88. The monoisotopic (exact) mass is 395 g/mol. The number of nitrogens with zero attached hydrogens (tertiary/aromatic N) is 1. The van der Waals surface area contributed by atoms with Crippen LogP contribution < -0.4 is 10.6 Å². The average Bonchev–Trinajstić information content (AvgIpc) is 3.06. The van der Waals surface area contributed by atoms with Gasteiger partial charge in [0.15, 0.2) is 5.96 Å². The van der Waals surface area contributed by atoms with Crippen LogP contribution in [-0.4, -0.2) is 37.1 Å². The van der Waals surface area contributed by atoms with Gasteiger partial charge >= 0.3 is 0 Å². The molecule has 0 aliphatic carbocycles. The van der Waals surface area contributed by atoms with Crippen molar-refractivity contribution in [2.75, 3.05) is 25.9 Å². The molecule has 1 fully saturated rings. The molecule has 108 valence electrons. The van der Waals surface area contributed by atoms with Gasteiger partial charge in [0.05, 0.1) is 6.26 Å². The standard InChI is InChI=1S/C13H21N3OS.HI/c1-14-13(16-10-12-5-3-9-18-12)15-7-6-11-4-2-8-17-11;/h2,4,8,12H,3,5-7,9-10H2,1H3,(H2,14,15,16);1H. The largest absolute Gasteiger partial charge is 0.469 e. The van der Waals surface area contributed by atoms with Gasteiger partial charge in [0, 0.05) is 31.8 Å². The van der Waals surface area contributed by atoms with Crippen LogP contribution in [0.3, 0.4) is 0 Å². The normalized spacial score (nSPS) is 19.0. The fourth-order valence-electron chi connectivity index (χ4n) is 2.00. The number of halogens is 1. The molecule has 0 radical (unpaired) electrons. The summed E-state index contributed by atoms with van der Waals surface area (Å²) in [5, 5.41) is 7.42. The Bertz CT molecular complexity index is 364. The van der Waals surface area contributed by atoms with Crippen molar-refractivity contribution in [1.82, 2.24) is 10.6 Å². The van der Waals surface area contributed by atoms with Gasteiger partial charge < -0.3 is 15.1 Å². The summed E-state index contributed by atoms with van der Waals surface area (Å²) in [5.74, 6) is 3.19. The second-order valence-corrected chi connectivity index (χ2v) is 5.75. The Labute approximate surface area is 136 Å². The summed E-state index contributed by atoms with van der Waals surface area (Å²) in [4.78, 5) is 4.22. The molecule has 1 aromatic rings. The number of nitrogens with one attached hydrogen (secondary N) is 2. The second kappa shape index (κ2) is 9.52. The molecule has 0 bridgehead atoms. The van der Waals surface area contributed by atoms with Gasteiger partial charge in [-0.15, -0.1) is 24.0 Å². The van der Waals surface area contributed by atoms with E-state index in [9.17, 15) is 0 Å². The highest BCUT2D eigenvalue weighted by Gasteiger charge is 2.15. The van der Waals surface area contributed by atoms with Gasteiger partial charge in [-0.1, -0.05) is 0 Å². The van der Waals surface area contributed by atoms with Crippen LogP contribution >= 0.6 is 35.7 Å². The Kier molecular flexibility index (Phi) is 8.36. The van der Waals surface area contributed by atoms with E-state index in [-0.39, 0.29) is 24.0 Å². The van der Waals surface area contributed by atoms with Crippen molar-refractivity contribution in [1.29, 1.82) is 0 Å². The van der Waals surface area contributed by atoms with Crippen LogP contribution in [0.25, 0.3) is 0 Å². The molecule has 6 heteroatoms. The predicted octanol–water partition coefficient (Wildman–Crippen LogP) is 2.50. The summed E-state index contributed by atoms with van der Waals surface area (Å²) < 4.78 is 5.29. The molecule has 1 unspecified atom stereocenters. The van der Waals surface area contributed by atoms with Crippen LogP contribution in [0.15, 0.2) is 27.8 Å². The van der Waals surface area contributed by atoms with E-state index in [4.69, 9.17) is 4.42 Å². The van der Waals surface area contributed by atoms with Crippen LogP contribution in [0.5, 0.6) is 0 Å². The summed E-state index contributed by atoms with van der Waals surface area (Å²) in [6, 6.07) is 3.91. The van der Waals surface area contributed by atoms with E-state index >= 15 is 0 Å². The molecule has 1 saturated heterocycles. The maximum atomic E-state index is 5.29. The molecule has 1 aromatic heterocycles. The summed E-state index contributed by atoms with van der Waals surface area (Å²) >= 11 is 2.06. The highest BCUT2D eigenvalue weighted by Crippen LogP contribution is 2.25. The fourth-order valence-corrected chi connectivity index (χ4v) is 3.20. The minimum Gasteiger partial charge on any atom is -0.469 e. The third-order valence-electron chi connectivity index (χ3n) is 2.99. The van der Waals surface area contributed by atoms with Crippen molar-refractivity contribution in [3.05, 3.63) is 24.2 Å². The molecule has 2 heterocycles. The zero-order valence-corrected chi connectivity index (χ0v) is 14.4. The maximum absolute atomic E-state index is 5.29. The third kappa shape index (κ3) is 6.07. The van der Waals surface area contributed by atoms with Crippen molar-refractivity contribution in [3.63, 3.8) is 0 Å². The van der Waals surface area contributed by atoms with E-state index < -0.39 is 0 Å². The Hall–Kier alpha value is -0.370. The highest BCUT2D eigenvalue weighted by atomic mass is 127. The lowest BCUT2D eigenvalue weighted by molar-refractivity contribution is 0.506. The first kappa shape index (κ1) is 16.7. The topological polar surface area (TPSA) is 49.6 Å². The van der Waals surface area contributed by atoms with E-state index in [2.05, 4.69) is 27.4 Å². The summed E-state index contributed by atoms with van der Waals surface area (Å²) in [6.07, 6.45) is 5.26. The van der Waals surface area contributed by atoms with Crippen molar-refractivity contribution >= 4 is 41.7 Å². The van der Waals surface area contributed by atoms with Gasteiger partial charge in [-0.2, -0.15) is 11.8 Å². The van der Waals surface area contributed by atoms with Gasteiger partial charge in [0.1, 0.15) is 5.76 Å². The molecule has 4 nitrogen and oxygen atoms in total. The summed E-state index contributed by atoms with van der Waals surface area (Å²) in [5.41, 5.74) is 0. The van der Waals surface area contributed by atoms with E-state index in [1.54, 1.807) is 6.26 Å². The Balaban J connectivity index is 0.00000180. The maximum Gasteiger partial charge on any atom is 0.191 e. The molecule has 1 aliphatic heterocycles. The van der Waals surface area contributed by atoms with Crippen molar-refractivity contribution < 1.29 is 4.42 Å². The molecule has 2 rings (SSSR count). The van der Waals surface area contributed by atoms with E-state index in [1.165, 1.54) is 18.6 Å². The van der Waals surface area contributed by atoms with Gasteiger partial charge in [0.2, 0.25) is 0 Å². The molecule has 1 atom stereocenters. The molecule has 1 aliphatic rings. The van der Waals surface area contributed by atoms with Gasteiger partial charge in [0.25, 0.3) is 0 Å². The number of hydrogen-bond acceptors (Lipinski definition) is 3. The molecule has 0 saturated carbocycles. The first-order valence-corrected chi connectivity index (χ1v) is 7.52. The van der Waals surface area contributed by atoms with Crippen LogP contribution in [0.2, 0.25) is 0 Å². The van der Waals surface area contributed by atoms with Crippen molar-refractivity contribution in [2.24, 2.45) is 4.99 Å². The summed E-state index contributed by atoms with van der Waals surface area (Å²) in [7, 11) is 1.81. The van der Waals surface area contributed by atoms with Crippen LogP contribution in [0.4, 0.5) is 0 Å². The second-order valence-electron chi connectivity index (χ2n) is 4.34. The average molecular weight is 395 g/mol. The minimum absolute atomic E-state index is 0. The minimum atomic E-state index is 0. The molecular weight excluding hydrogens is 373 g/mol. The lowest BCUT2D eigenvalue weighted by Crippen LogP contribution is -2.40. The summed E-state index contributed by atoms with van der Waals surface area (Å²) in [6.45, 7) is 1.84. The van der Waals surface area contributed by atoms with Crippen molar-refractivity contribution in [3.8, 4) is 0 Å². The SMILES string of the molecule is CN=C(NCCc1ccco1)NCC1CCCS1.I. The third-order valence-corrected chi connectivity index (χ3v) is 4.39. The molecule has 2 N–H and O–H groups in total. The van der Waals surface area contributed by atoms with Crippen LogP contribution in [0.1, 0.15) is 18.6 Å². The number of hydrogen-bond donors (Lipinski definition) is 2. The van der Waals surface area contributed by atoms with E-state index in [1.807, 2.05) is 19.2 Å². The fraction of sp³-hybridized carbons (Fsp3) is 0.615. The Morgan fingerprint density at radius 3 is 3.05 bits per heavy atom. The van der Waals surface area contributed by atoms with Gasteiger partial charge in [-0.05, 0) is 30.7 Å². The van der Waals surface area contributed by atoms with Gasteiger partial charge in [-0.25, -0.2) is 0 Å². The number of aliphatic imine (C=N–C) groups is 1. The van der Waals surface area contributed by atoms with E-state index in [0.717, 1.165) is 36.5 Å². The van der Waals surface area contributed by atoms with Crippen LogP contribution in [0, 0.1) is 0 Å². The quantitative estimate of drug-likeness (QED) is 0.457. The Morgan fingerprint density at radius 1 is 1.53 bits per heavy atom. The predicted molar refractivity (Wildman–Crippen MR) is 92.7 cm³/mol. The van der Waals surface area contributed by atoms with Gasteiger partial charge in [-0.3, -0.25) is 4.99 Å². The first-order valence-electron chi connectivity index (χ1n) is 6.47. The number of thioether (sulfide) groups is 1. The lowest BCUT2D eigenvalue weighted by atomic mass is 10.2. The molecule has 0 aromatic carbocycles. The smallest absolute Gasteiger partial charge is 0.191 e. The molecule has 0 amide bonds. The van der Waals surface area contributed by atoms with Crippen LogP contribution in [-0.2, 0) is 6.42 Å². The highest BCUT2D eigenvalue weighted by molar-refractivity contribution is 14.0. The number of rotatable bonds is 5. The zero-order chi connectivity index (χ0) is 12.6. The molecular formula is C13H22IN3OS. The molecule has 19 heavy (non-hydrogen) atoms. The number of furan rings is 1. The lowest BCUT2D eigenvalue weighted by Gasteiger charge is -2.14. The zero-order valence-electron chi connectivity index (χ0n) is 11.2. The Morgan fingerprint density at radius 2 is 2.42 bits per heavy atom.